The Bertz CT molecular complexity index is 1090. The molecule has 6 nitrogen and oxygen atoms in total. The molecule has 0 aromatic heterocycles. The van der Waals surface area contributed by atoms with Crippen molar-refractivity contribution in [2.45, 2.75) is 270 Å². The number of carbonyl (C=O) groups is 2. The van der Waals surface area contributed by atoms with E-state index in [-0.39, 0.29) is 24.9 Å². The summed E-state index contributed by atoms with van der Waals surface area (Å²) in [6.45, 7) is 6.35. The van der Waals surface area contributed by atoms with Crippen molar-refractivity contribution in [2.24, 2.45) is 0 Å². The van der Waals surface area contributed by atoms with Crippen LogP contribution in [0, 0.1) is 0 Å². The summed E-state index contributed by atoms with van der Waals surface area (Å²) in [6, 6.07) is -0.719. The largest absolute Gasteiger partial charge is 0.462 e. The molecule has 354 valence electrons. The third-order valence-corrected chi connectivity index (χ3v) is 11.6. The number of hydrogen-bond donors (Lipinski definition) is 3. The van der Waals surface area contributed by atoms with E-state index in [4.69, 9.17) is 4.74 Å². The Kier molecular flexibility index (Phi) is 46.6. The smallest absolute Gasteiger partial charge is 0.306 e. The van der Waals surface area contributed by atoms with Crippen molar-refractivity contribution >= 4 is 11.9 Å². The molecule has 0 fully saturated rings. The Morgan fingerprint density at radius 3 is 1.31 bits per heavy atom. The number of aliphatic hydroxyl groups excluding tert-OH is 2. The van der Waals surface area contributed by atoms with Crippen LogP contribution in [-0.4, -0.2) is 46.9 Å². The van der Waals surface area contributed by atoms with Crippen molar-refractivity contribution in [3.05, 3.63) is 60.8 Å². The number of nitrogens with one attached hydrogen (secondary N) is 1. The lowest BCUT2D eigenvalue weighted by atomic mass is 10.0. The molecule has 3 N–H and O–H groups in total. The number of hydrogen-bond acceptors (Lipinski definition) is 5. The first-order valence-corrected chi connectivity index (χ1v) is 26.0. The molecule has 0 heterocycles. The highest BCUT2D eigenvalue weighted by Gasteiger charge is 2.24. The Hall–Kier alpha value is -2.44. The number of rotatable bonds is 46. The van der Waals surface area contributed by atoms with Gasteiger partial charge in [-0.15, -0.1) is 0 Å². The zero-order valence-electron chi connectivity index (χ0n) is 40.3. The number of aliphatic hydroxyl groups is 2. The number of ether oxygens (including phenoxy) is 1. The van der Waals surface area contributed by atoms with Gasteiger partial charge in [-0.3, -0.25) is 9.59 Å². The second-order valence-electron chi connectivity index (χ2n) is 17.5. The monoisotopic (exact) mass is 854 g/mol. The fourth-order valence-corrected chi connectivity index (χ4v) is 7.70. The third-order valence-electron chi connectivity index (χ3n) is 11.6. The van der Waals surface area contributed by atoms with Crippen molar-refractivity contribution in [3.63, 3.8) is 0 Å². The molecule has 0 spiro atoms. The van der Waals surface area contributed by atoms with Crippen LogP contribution in [0.1, 0.15) is 252 Å². The Morgan fingerprint density at radius 2 is 0.885 bits per heavy atom. The average Bonchev–Trinajstić information content (AvgIpc) is 3.25. The first-order valence-electron chi connectivity index (χ1n) is 26.0. The van der Waals surface area contributed by atoms with Crippen LogP contribution >= 0.6 is 0 Å². The lowest BCUT2D eigenvalue weighted by Crippen LogP contribution is -2.46. The van der Waals surface area contributed by atoms with Crippen LogP contribution in [-0.2, 0) is 14.3 Å². The maximum Gasteiger partial charge on any atom is 0.306 e. The SMILES string of the molecule is CC/C=C\C/C=C\C/C=C\C/C=C\C/C=C\CCCC(CC(=O)NC(CO)C(O)CCCCCCCCCCCCCC)OC(=O)CCCCCCCCCCCCCCC. The molecule has 0 saturated heterocycles. The van der Waals surface area contributed by atoms with Crippen molar-refractivity contribution in [1.82, 2.24) is 5.32 Å². The van der Waals surface area contributed by atoms with Gasteiger partial charge in [0.15, 0.2) is 0 Å². The van der Waals surface area contributed by atoms with Gasteiger partial charge < -0.3 is 20.3 Å². The second kappa shape index (κ2) is 48.6. The van der Waals surface area contributed by atoms with Crippen LogP contribution in [0.5, 0.6) is 0 Å². The maximum absolute atomic E-state index is 13.2. The average molecular weight is 854 g/mol. The van der Waals surface area contributed by atoms with Gasteiger partial charge in [-0.2, -0.15) is 0 Å². The fraction of sp³-hybridized carbons (Fsp3) is 0.782. The van der Waals surface area contributed by atoms with Gasteiger partial charge in [-0.1, -0.05) is 236 Å². The van der Waals surface area contributed by atoms with E-state index in [1.807, 2.05) is 0 Å². The number of carbonyl (C=O) groups excluding carboxylic acids is 2. The predicted molar refractivity (Wildman–Crippen MR) is 264 cm³/mol. The van der Waals surface area contributed by atoms with Gasteiger partial charge in [0.1, 0.15) is 6.10 Å². The second-order valence-corrected chi connectivity index (χ2v) is 17.5. The summed E-state index contributed by atoms with van der Waals surface area (Å²) in [5, 5.41) is 23.7. The lowest BCUT2D eigenvalue weighted by molar-refractivity contribution is -0.151. The molecule has 0 rings (SSSR count). The predicted octanol–water partition coefficient (Wildman–Crippen LogP) is 15.6. The highest BCUT2D eigenvalue weighted by molar-refractivity contribution is 5.77. The number of esters is 1. The van der Waals surface area contributed by atoms with E-state index in [1.165, 1.54) is 122 Å². The zero-order chi connectivity index (χ0) is 44.5. The van der Waals surface area contributed by atoms with Crippen LogP contribution in [0.25, 0.3) is 0 Å². The van der Waals surface area contributed by atoms with E-state index in [1.54, 1.807) is 0 Å². The standard InChI is InChI=1S/C55H99NO5/c1-4-7-10-13-16-19-22-25-26-27-28-30-31-34-37-40-43-46-51(61-55(60)48-45-42-39-36-33-29-23-20-17-14-11-8-5-2)49-54(59)56-52(50-57)53(58)47-44-41-38-35-32-24-21-18-15-12-9-6-3/h7,10,16,19,25-26,28,30,34,37,51-53,57-58H,4-6,8-9,11-15,17-18,20-24,27,29,31-33,35-36,38-50H2,1-3H3,(H,56,59)/b10-7-,19-16-,26-25-,30-28-,37-34-. The van der Waals surface area contributed by atoms with E-state index in [9.17, 15) is 19.8 Å². The van der Waals surface area contributed by atoms with Crippen molar-refractivity contribution in [3.8, 4) is 0 Å². The molecule has 0 aliphatic heterocycles. The highest BCUT2D eigenvalue weighted by Crippen LogP contribution is 2.17. The van der Waals surface area contributed by atoms with Gasteiger partial charge in [0.25, 0.3) is 0 Å². The fourth-order valence-electron chi connectivity index (χ4n) is 7.70. The lowest BCUT2D eigenvalue weighted by Gasteiger charge is -2.24. The molecule has 61 heavy (non-hydrogen) atoms. The van der Waals surface area contributed by atoms with Crippen LogP contribution < -0.4 is 5.32 Å². The number of unbranched alkanes of at least 4 members (excludes halogenated alkanes) is 24. The topological polar surface area (TPSA) is 95.9 Å². The number of amides is 1. The molecule has 0 aliphatic rings. The van der Waals surface area contributed by atoms with Gasteiger partial charge in [0, 0.05) is 6.42 Å². The quantitative estimate of drug-likeness (QED) is 0.0322. The summed E-state index contributed by atoms with van der Waals surface area (Å²) in [7, 11) is 0. The van der Waals surface area contributed by atoms with Crippen molar-refractivity contribution in [1.29, 1.82) is 0 Å². The van der Waals surface area contributed by atoms with E-state index >= 15 is 0 Å². The minimum atomic E-state index is -0.802. The van der Waals surface area contributed by atoms with Crippen LogP contribution in [0.15, 0.2) is 60.8 Å². The molecule has 0 bridgehead atoms. The van der Waals surface area contributed by atoms with Crippen LogP contribution in [0.4, 0.5) is 0 Å². The van der Waals surface area contributed by atoms with E-state index in [0.717, 1.165) is 83.5 Å². The minimum absolute atomic E-state index is 0.0395. The first kappa shape index (κ1) is 58.6. The van der Waals surface area contributed by atoms with Crippen molar-refractivity contribution < 1.29 is 24.5 Å². The summed E-state index contributed by atoms with van der Waals surface area (Å²) < 4.78 is 5.91. The molecule has 6 heteroatoms. The summed E-state index contributed by atoms with van der Waals surface area (Å²) in [5.74, 6) is -0.525. The van der Waals surface area contributed by atoms with Gasteiger partial charge in [-0.05, 0) is 64.2 Å². The summed E-state index contributed by atoms with van der Waals surface area (Å²) in [6.07, 6.45) is 59.9. The Balaban J connectivity index is 4.69. The number of allylic oxidation sites excluding steroid dienone is 10. The van der Waals surface area contributed by atoms with Gasteiger partial charge >= 0.3 is 5.97 Å². The Morgan fingerprint density at radius 1 is 0.492 bits per heavy atom. The molecular formula is C55H99NO5. The first-order chi connectivity index (χ1) is 30.0. The normalized spacial score (nSPS) is 13.7. The molecule has 0 aromatic rings. The zero-order valence-corrected chi connectivity index (χ0v) is 40.3. The summed E-state index contributed by atoms with van der Waals surface area (Å²) in [4.78, 5) is 26.1. The van der Waals surface area contributed by atoms with E-state index < -0.39 is 18.2 Å². The summed E-state index contributed by atoms with van der Waals surface area (Å²) in [5.41, 5.74) is 0. The molecule has 0 radical (unpaired) electrons. The van der Waals surface area contributed by atoms with Gasteiger partial charge in [0.05, 0.1) is 25.2 Å². The molecule has 0 saturated carbocycles. The van der Waals surface area contributed by atoms with E-state index in [0.29, 0.717) is 19.3 Å². The molecule has 3 unspecified atom stereocenters. The molecule has 0 aliphatic carbocycles. The maximum atomic E-state index is 13.2. The van der Waals surface area contributed by atoms with Crippen molar-refractivity contribution in [2.75, 3.05) is 6.61 Å². The van der Waals surface area contributed by atoms with Gasteiger partial charge in [0.2, 0.25) is 5.91 Å². The molecule has 0 aromatic carbocycles. The van der Waals surface area contributed by atoms with E-state index in [2.05, 4.69) is 86.8 Å². The van der Waals surface area contributed by atoms with Crippen LogP contribution in [0.2, 0.25) is 0 Å². The molecule has 3 atom stereocenters. The Labute approximate surface area is 378 Å². The highest BCUT2D eigenvalue weighted by atomic mass is 16.5. The molecule has 1 amide bonds. The summed E-state index contributed by atoms with van der Waals surface area (Å²) >= 11 is 0. The molecular weight excluding hydrogens is 755 g/mol. The minimum Gasteiger partial charge on any atom is -0.462 e. The van der Waals surface area contributed by atoms with Gasteiger partial charge in [-0.25, -0.2) is 0 Å². The van der Waals surface area contributed by atoms with Crippen LogP contribution in [0.3, 0.4) is 0 Å². The third kappa shape index (κ3) is 44.0.